The molecule has 16 heavy (non-hydrogen) atoms. The minimum atomic E-state index is -0.394. The summed E-state index contributed by atoms with van der Waals surface area (Å²) < 4.78 is 23.7. The van der Waals surface area contributed by atoms with Crippen LogP contribution in [0.4, 0.5) is 10.2 Å². The van der Waals surface area contributed by atoms with Crippen LogP contribution in [-0.2, 0) is 0 Å². The standard InChI is InChI=1S/C11H11FN2O2/c1-6-8(15-2)4-3-7(12)11(6)9-5-10(13)14-16-9/h3-5H,1-2H3,(H2,13,14). The molecule has 2 aromatic rings. The van der Waals surface area contributed by atoms with Gasteiger partial charge in [-0.25, -0.2) is 4.39 Å². The van der Waals surface area contributed by atoms with Gasteiger partial charge in [0.2, 0.25) is 0 Å². The molecule has 0 bridgehead atoms. The quantitative estimate of drug-likeness (QED) is 0.847. The maximum atomic E-state index is 13.7. The molecule has 84 valence electrons. The molecule has 0 radical (unpaired) electrons. The third-order valence-electron chi connectivity index (χ3n) is 2.36. The molecule has 0 aliphatic rings. The molecular formula is C11H11FN2O2. The van der Waals surface area contributed by atoms with E-state index in [4.69, 9.17) is 15.0 Å². The van der Waals surface area contributed by atoms with Crippen LogP contribution in [0.15, 0.2) is 22.7 Å². The van der Waals surface area contributed by atoms with E-state index in [1.807, 2.05) is 0 Å². The summed E-state index contributed by atoms with van der Waals surface area (Å²) in [7, 11) is 1.53. The number of methoxy groups -OCH3 is 1. The number of benzene rings is 1. The van der Waals surface area contributed by atoms with Crippen LogP contribution in [0.2, 0.25) is 0 Å². The first kappa shape index (κ1) is 10.5. The van der Waals surface area contributed by atoms with Crippen LogP contribution < -0.4 is 10.5 Å². The fourth-order valence-electron chi connectivity index (χ4n) is 1.59. The summed E-state index contributed by atoms with van der Waals surface area (Å²) in [5.41, 5.74) is 6.40. The molecule has 1 heterocycles. The SMILES string of the molecule is COc1ccc(F)c(-c2cc(N)no2)c1C. The zero-order valence-corrected chi connectivity index (χ0v) is 8.95. The topological polar surface area (TPSA) is 61.3 Å². The maximum absolute atomic E-state index is 13.7. The van der Waals surface area contributed by atoms with Crippen LogP contribution in [0.5, 0.6) is 5.75 Å². The van der Waals surface area contributed by atoms with Gasteiger partial charge in [-0.15, -0.1) is 0 Å². The summed E-state index contributed by atoms with van der Waals surface area (Å²) in [5.74, 6) is 0.712. The van der Waals surface area contributed by atoms with Crippen molar-refractivity contribution >= 4 is 5.82 Å². The van der Waals surface area contributed by atoms with Crippen molar-refractivity contribution in [3.63, 3.8) is 0 Å². The van der Waals surface area contributed by atoms with E-state index in [-0.39, 0.29) is 5.82 Å². The second-order valence-electron chi connectivity index (χ2n) is 3.37. The Bertz CT molecular complexity index is 523. The number of nitrogen functional groups attached to an aromatic ring is 1. The normalized spacial score (nSPS) is 10.4. The molecule has 0 atom stereocenters. The lowest BCUT2D eigenvalue weighted by Gasteiger charge is -2.08. The van der Waals surface area contributed by atoms with Crippen molar-refractivity contribution in [1.82, 2.24) is 5.16 Å². The molecule has 1 aromatic carbocycles. The Hall–Kier alpha value is -2.04. The molecule has 0 fully saturated rings. The Morgan fingerprint density at radius 2 is 2.19 bits per heavy atom. The van der Waals surface area contributed by atoms with E-state index in [0.717, 1.165) is 0 Å². The molecule has 1 aromatic heterocycles. The van der Waals surface area contributed by atoms with Crippen molar-refractivity contribution in [3.8, 4) is 17.1 Å². The molecule has 4 nitrogen and oxygen atoms in total. The average Bonchev–Trinajstić information content (AvgIpc) is 2.65. The first-order valence-corrected chi connectivity index (χ1v) is 4.69. The minimum absolute atomic E-state index is 0.219. The second-order valence-corrected chi connectivity index (χ2v) is 3.37. The Morgan fingerprint density at radius 1 is 1.44 bits per heavy atom. The van der Waals surface area contributed by atoms with E-state index in [9.17, 15) is 4.39 Å². The van der Waals surface area contributed by atoms with E-state index >= 15 is 0 Å². The lowest BCUT2D eigenvalue weighted by Crippen LogP contribution is -1.93. The van der Waals surface area contributed by atoms with Crippen LogP contribution in [0.1, 0.15) is 5.56 Å². The van der Waals surface area contributed by atoms with Gasteiger partial charge >= 0.3 is 0 Å². The fourth-order valence-corrected chi connectivity index (χ4v) is 1.59. The fraction of sp³-hybridized carbons (Fsp3) is 0.182. The number of hydrogen-bond donors (Lipinski definition) is 1. The highest BCUT2D eigenvalue weighted by atomic mass is 19.1. The molecule has 0 unspecified atom stereocenters. The molecule has 0 saturated carbocycles. The Morgan fingerprint density at radius 3 is 2.75 bits per heavy atom. The Balaban J connectivity index is 2.63. The third-order valence-corrected chi connectivity index (χ3v) is 2.36. The van der Waals surface area contributed by atoms with Gasteiger partial charge in [0.1, 0.15) is 11.6 Å². The molecule has 0 saturated heterocycles. The number of ether oxygens (including phenoxy) is 1. The largest absolute Gasteiger partial charge is 0.496 e. The maximum Gasteiger partial charge on any atom is 0.172 e. The molecule has 0 aliphatic heterocycles. The summed E-state index contributed by atoms with van der Waals surface area (Å²) >= 11 is 0. The van der Waals surface area contributed by atoms with Crippen LogP contribution >= 0.6 is 0 Å². The highest BCUT2D eigenvalue weighted by molar-refractivity contribution is 5.67. The number of hydrogen-bond acceptors (Lipinski definition) is 4. The van der Waals surface area contributed by atoms with Gasteiger partial charge in [-0.1, -0.05) is 5.16 Å². The second kappa shape index (κ2) is 3.84. The smallest absolute Gasteiger partial charge is 0.172 e. The molecule has 2 N–H and O–H groups in total. The summed E-state index contributed by atoms with van der Waals surface area (Å²) in [5, 5.41) is 3.53. The number of rotatable bonds is 2. The van der Waals surface area contributed by atoms with Gasteiger partial charge < -0.3 is 15.0 Å². The van der Waals surface area contributed by atoms with Gasteiger partial charge in [-0.3, -0.25) is 0 Å². The number of nitrogens with two attached hydrogens (primary N) is 1. The Kier molecular flexibility index (Phi) is 2.52. The molecule has 0 amide bonds. The van der Waals surface area contributed by atoms with Crippen LogP contribution in [0, 0.1) is 12.7 Å². The molecule has 5 heteroatoms. The van der Waals surface area contributed by atoms with Crippen LogP contribution in [-0.4, -0.2) is 12.3 Å². The van der Waals surface area contributed by atoms with E-state index < -0.39 is 5.82 Å². The molecule has 0 spiro atoms. The molecular weight excluding hydrogens is 211 g/mol. The predicted octanol–water partition coefficient (Wildman–Crippen LogP) is 2.38. The zero-order chi connectivity index (χ0) is 11.7. The van der Waals surface area contributed by atoms with Gasteiger partial charge in [0.25, 0.3) is 0 Å². The van der Waals surface area contributed by atoms with E-state index in [2.05, 4.69) is 5.16 Å². The highest BCUT2D eigenvalue weighted by Gasteiger charge is 2.16. The predicted molar refractivity (Wildman–Crippen MR) is 57.6 cm³/mol. The molecule has 0 aliphatic carbocycles. The number of aromatic nitrogens is 1. The number of anilines is 1. The van der Waals surface area contributed by atoms with Gasteiger partial charge in [0.05, 0.1) is 12.7 Å². The lowest BCUT2D eigenvalue weighted by molar-refractivity contribution is 0.408. The monoisotopic (exact) mass is 222 g/mol. The summed E-state index contributed by atoms with van der Waals surface area (Å²) in [6, 6.07) is 4.36. The van der Waals surface area contributed by atoms with Gasteiger partial charge in [-0.05, 0) is 19.1 Å². The molecule has 2 rings (SSSR count). The van der Waals surface area contributed by atoms with Crippen molar-refractivity contribution in [2.75, 3.05) is 12.8 Å². The van der Waals surface area contributed by atoms with Crippen molar-refractivity contribution in [2.24, 2.45) is 0 Å². The van der Waals surface area contributed by atoms with Crippen molar-refractivity contribution in [3.05, 3.63) is 29.6 Å². The van der Waals surface area contributed by atoms with Gasteiger partial charge in [0.15, 0.2) is 11.6 Å². The van der Waals surface area contributed by atoms with Crippen molar-refractivity contribution < 1.29 is 13.7 Å². The lowest BCUT2D eigenvalue weighted by atomic mass is 10.0. The summed E-state index contributed by atoms with van der Waals surface area (Å²) in [6.07, 6.45) is 0. The zero-order valence-electron chi connectivity index (χ0n) is 8.95. The van der Waals surface area contributed by atoms with Crippen molar-refractivity contribution in [2.45, 2.75) is 6.92 Å². The summed E-state index contributed by atoms with van der Waals surface area (Å²) in [4.78, 5) is 0. The first-order chi connectivity index (χ1) is 7.63. The summed E-state index contributed by atoms with van der Waals surface area (Å²) in [6.45, 7) is 1.75. The Labute approximate surface area is 91.8 Å². The number of nitrogens with zero attached hydrogens (tertiary/aromatic N) is 1. The van der Waals surface area contributed by atoms with E-state index in [1.165, 1.54) is 19.2 Å². The van der Waals surface area contributed by atoms with Crippen LogP contribution in [0.25, 0.3) is 11.3 Å². The minimum Gasteiger partial charge on any atom is -0.496 e. The third kappa shape index (κ3) is 1.60. The highest BCUT2D eigenvalue weighted by Crippen LogP contribution is 2.33. The average molecular weight is 222 g/mol. The first-order valence-electron chi connectivity index (χ1n) is 4.69. The number of halogens is 1. The van der Waals surface area contributed by atoms with Gasteiger partial charge in [0, 0.05) is 11.6 Å². The van der Waals surface area contributed by atoms with Crippen molar-refractivity contribution in [1.29, 1.82) is 0 Å². The van der Waals surface area contributed by atoms with Crippen LogP contribution in [0.3, 0.4) is 0 Å². The van der Waals surface area contributed by atoms with E-state index in [0.29, 0.717) is 22.6 Å². The van der Waals surface area contributed by atoms with E-state index in [1.54, 1.807) is 13.0 Å². The van der Waals surface area contributed by atoms with Gasteiger partial charge in [-0.2, -0.15) is 0 Å².